The first-order chi connectivity index (χ1) is 15.8. The number of benzene rings is 3. The summed E-state index contributed by atoms with van der Waals surface area (Å²) in [7, 11) is -1.22. The highest BCUT2D eigenvalue weighted by Crippen LogP contribution is 2.33. The molecule has 0 aliphatic heterocycles. The van der Waals surface area contributed by atoms with E-state index in [-0.39, 0.29) is 16.3 Å². The monoisotopic (exact) mass is 531 g/mol. The molecule has 0 spiro atoms. The number of hydrogen-bond acceptors (Lipinski definition) is 6. The number of hydrogen-bond donors (Lipinski definition) is 2. The Morgan fingerprint density at radius 3 is 2.27 bits per heavy atom. The Labute approximate surface area is 200 Å². The van der Waals surface area contributed by atoms with Gasteiger partial charge in [-0.25, -0.2) is 18.6 Å². The van der Waals surface area contributed by atoms with Gasteiger partial charge in [-0.1, -0.05) is 46.3 Å². The average Bonchev–Trinajstić information content (AvgIpc) is 2.83. The summed E-state index contributed by atoms with van der Waals surface area (Å²) in [5, 5.41) is 0. The molecule has 0 fully saturated rings. The number of hydrazine groups is 1. The third-order valence-electron chi connectivity index (χ3n) is 4.62. The van der Waals surface area contributed by atoms with Crippen LogP contribution in [0.2, 0.25) is 0 Å². The first-order valence-electron chi connectivity index (χ1n) is 9.62. The number of sulfonamides is 1. The second kappa shape index (κ2) is 10.5. The summed E-state index contributed by atoms with van der Waals surface area (Å²) < 4.78 is 39.6. The summed E-state index contributed by atoms with van der Waals surface area (Å²) in [4.78, 5) is 12.9. The van der Waals surface area contributed by atoms with Gasteiger partial charge in [0, 0.05) is 4.47 Å². The van der Waals surface area contributed by atoms with Gasteiger partial charge in [0.15, 0.2) is 11.5 Å². The van der Waals surface area contributed by atoms with E-state index in [0.717, 1.165) is 4.31 Å². The lowest BCUT2D eigenvalue weighted by Crippen LogP contribution is -2.41. The van der Waals surface area contributed by atoms with Gasteiger partial charge in [0.05, 0.1) is 24.8 Å². The lowest BCUT2D eigenvalue weighted by atomic mass is 10.1. The highest BCUT2D eigenvalue weighted by Gasteiger charge is 2.32. The summed E-state index contributed by atoms with van der Waals surface area (Å²) in [6, 6.07) is 19.3. The number of nitrogens with one attached hydrogen (secondary N) is 1. The standard InChI is InChI=1S/C23H22BrN3O5S/c1-31-21-12-11-16(14-22(21)32-2)13-20(23(28)26-25)27(18-8-6-7-17(24)15-18)33(29,30)19-9-4-3-5-10-19/h3-15H,25H2,1-2H3,(H,26,28). The smallest absolute Gasteiger partial charge is 0.282 e. The lowest BCUT2D eigenvalue weighted by Gasteiger charge is -2.26. The first kappa shape index (κ1) is 24.3. The highest BCUT2D eigenvalue weighted by molar-refractivity contribution is 9.10. The minimum absolute atomic E-state index is 0.00742. The fraction of sp³-hybridized carbons (Fsp3) is 0.0870. The number of rotatable bonds is 8. The fourth-order valence-electron chi connectivity index (χ4n) is 3.10. The zero-order valence-electron chi connectivity index (χ0n) is 17.9. The molecule has 0 radical (unpaired) electrons. The molecule has 0 unspecified atom stereocenters. The second-order valence-electron chi connectivity index (χ2n) is 6.68. The second-order valence-corrected chi connectivity index (χ2v) is 9.38. The van der Waals surface area contributed by atoms with Crippen LogP contribution >= 0.6 is 15.9 Å². The lowest BCUT2D eigenvalue weighted by molar-refractivity contribution is -0.117. The van der Waals surface area contributed by atoms with Crippen molar-refractivity contribution in [2.75, 3.05) is 18.5 Å². The van der Waals surface area contributed by atoms with Crippen LogP contribution in [0.5, 0.6) is 11.5 Å². The van der Waals surface area contributed by atoms with E-state index in [1.807, 2.05) is 5.43 Å². The predicted octanol–water partition coefficient (Wildman–Crippen LogP) is 3.69. The van der Waals surface area contributed by atoms with Gasteiger partial charge < -0.3 is 9.47 Å². The maximum Gasteiger partial charge on any atom is 0.282 e. The summed E-state index contributed by atoms with van der Waals surface area (Å²) in [5.41, 5.74) is 2.56. The van der Waals surface area contributed by atoms with Crippen molar-refractivity contribution in [1.82, 2.24) is 5.43 Å². The zero-order valence-corrected chi connectivity index (χ0v) is 20.3. The average molecular weight is 532 g/mol. The highest BCUT2D eigenvalue weighted by atomic mass is 79.9. The van der Waals surface area contributed by atoms with Crippen LogP contribution in [0, 0.1) is 0 Å². The zero-order chi connectivity index (χ0) is 24.0. The van der Waals surface area contributed by atoms with Crippen LogP contribution in [0.15, 0.2) is 87.9 Å². The maximum atomic E-state index is 13.7. The summed E-state index contributed by atoms with van der Waals surface area (Å²) in [6.07, 6.45) is 1.41. The van der Waals surface area contributed by atoms with Crippen LogP contribution in [0.4, 0.5) is 5.69 Å². The Balaban J connectivity index is 2.28. The van der Waals surface area contributed by atoms with Crippen molar-refractivity contribution in [3.63, 3.8) is 0 Å². The summed E-state index contributed by atoms with van der Waals surface area (Å²) in [6.45, 7) is 0. The molecule has 0 saturated heterocycles. The summed E-state index contributed by atoms with van der Waals surface area (Å²) in [5.74, 6) is 5.54. The van der Waals surface area contributed by atoms with Crippen LogP contribution in [-0.2, 0) is 14.8 Å². The number of carbonyl (C=O) groups is 1. The number of nitrogens with zero attached hydrogens (tertiary/aromatic N) is 1. The summed E-state index contributed by atoms with van der Waals surface area (Å²) >= 11 is 3.36. The number of methoxy groups -OCH3 is 2. The topological polar surface area (TPSA) is 111 Å². The van der Waals surface area contributed by atoms with Crippen molar-refractivity contribution in [1.29, 1.82) is 0 Å². The van der Waals surface area contributed by atoms with Crippen molar-refractivity contribution in [2.45, 2.75) is 4.90 Å². The van der Waals surface area contributed by atoms with E-state index in [1.165, 1.54) is 32.4 Å². The van der Waals surface area contributed by atoms with Gasteiger partial charge in [-0.05, 0) is 54.1 Å². The SMILES string of the molecule is COc1ccc(C=C(C(=O)NN)N(c2cccc(Br)c2)S(=O)(=O)c2ccccc2)cc1OC. The third kappa shape index (κ3) is 5.36. The molecule has 0 bridgehead atoms. The van der Waals surface area contributed by atoms with Gasteiger partial charge in [0.25, 0.3) is 15.9 Å². The van der Waals surface area contributed by atoms with Crippen LogP contribution in [0.1, 0.15) is 5.56 Å². The molecule has 1 amide bonds. The molecule has 0 aromatic heterocycles. The van der Waals surface area contributed by atoms with E-state index in [2.05, 4.69) is 15.9 Å². The van der Waals surface area contributed by atoms with E-state index in [4.69, 9.17) is 15.3 Å². The van der Waals surface area contributed by atoms with Crippen molar-refractivity contribution in [2.24, 2.45) is 5.84 Å². The molecule has 0 aliphatic carbocycles. The maximum absolute atomic E-state index is 13.7. The largest absolute Gasteiger partial charge is 0.493 e. The Kier molecular flexibility index (Phi) is 7.75. The predicted molar refractivity (Wildman–Crippen MR) is 130 cm³/mol. The molecule has 3 aromatic rings. The Hall–Kier alpha value is -3.34. The molecule has 3 N–H and O–H groups in total. The molecule has 0 aliphatic rings. The van der Waals surface area contributed by atoms with Crippen molar-refractivity contribution in [3.8, 4) is 11.5 Å². The van der Waals surface area contributed by atoms with Gasteiger partial charge in [-0.3, -0.25) is 10.2 Å². The Morgan fingerprint density at radius 1 is 0.970 bits per heavy atom. The Bertz CT molecular complexity index is 1280. The molecular weight excluding hydrogens is 510 g/mol. The number of nitrogens with two attached hydrogens (primary N) is 1. The number of ether oxygens (including phenoxy) is 2. The van der Waals surface area contributed by atoms with Crippen LogP contribution in [0.3, 0.4) is 0 Å². The van der Waals surface area contributed by atoms with Crippen LogP contribution in [0.25, 0.3) is 6.08 Å². The fourth-order valence-corrected chi connectivity index (χ4v) is 4.98. The number of carbonyl (C=O) groups excluding carboxylic acids is 1. The third-order valence-corrected chi connectivity index (χ3v) is 6.87. The number of amides is 1. The van der Waals surface area contributed by atoms with E-state index in [9.17, 15) is 13.2 Å². The van der Waals surface area contributed by atoms with Crippen LogP contribution in [-0.4, -0.2) is 28.5 Å². The van der Waals surface area contributed by atoms with Gasteiger partial charge in [0.2, 0.25) is 0 Å². The van der Waals surface area contributed by atoms with Gasteiger partial charge in [-0.15, -0.1) is 0 Å². The van der Waals surface area contributed by atoms with E-state index in [1.54, 1.807) is 60.7 Å². The van der Waals surface area contributed by atoms with Crippen molar-refractivity contribution < 1.29 is 22.7 Å². The molecule has 10 heteroatoms. The molecule has 0 atom stereocenters. The molecule has 33 heavy (non-hydrogen) atoms. The molecule has 0 heterocycles. The molecular formula is C23H22BrN3O5S. The van der Waals surface area contributed by atoms with E-state index < -0.39 is 15.9 Å². The van der Waals surface area contributed by atoms with Crippen LogP contribution < -0.4 is 25.0 Å². The number of anilines is 1. The molecule has 172 valence electrons. The van der Waals surface area contributed by atoms with E-state index in [0.29, 0.717) is 21.5 Å². The van der Waals surface area contributed by atoms with Gasteiger partial charge >= 0.3 is 0 Å². The van der Waals surface area contributed by atoms with Gasteiger partial charge in [0.1, 0.15) is 5.70 Å². The van der Waals surface area contributed by atoms with Crippen molar-refractivity contribution >= 4 is 43.6 Å². The van der Waals surface area contributed by atoms with Gasteiger partial charge in [-0.2, -0.15) is 0 Å². The Morgan fingerprint density at radius 2 is 1.67 bits per heavy atom. The molecule has 3 aromatic carbocycles. The number of halogens is 1. The van der Waals surface area contributed by atoms with E-state index >= 15 is 0 Å². The molecule has 8 nitrogen and oxygen atoms in total. The minimum atomic E-state index is -4.20. The quantitative estimate of drug-likeness (QED) is 0.198. The first-order valence-corrected chi connectivity index (χ1v) is 11.9. The molecule has 0 saturated carbocycles. The normalized spacial score (nSPS) is 11.6. The minimum Gasteiger partial charge on any atom is -0.493 e. The molecule has 3 rings (SSSR count). The van der Waals surface area contributed by atoms with Crippen molar-refractivity contribution in [3.05, 3.63) is 88.5 Å².